The fourth-order valence-electron chi connectivity index (χ4n) is 1.58. The minimum Gasteiger partial charge on any atom is -0.370 e. The smallest absolute Gasteiger partial charge is 0.370 e. The summed E-state index contributed by atoms with van der Waals surface area (Å²) in [4.78, 5) is 11.6. The van der Waals surface area contributed by atoms with Gasteiger partial charge in [0.25, 0.3) is 0 Å². The number of urea groups is 1. The summed E-state index contributed by atoms with van der Waals surface area (Å²) in [6.07, 6.45) is -4.36. The van der Waals surface area contributed by atoms with E-state index in [1.54, 1.807) is 31.2 Å². The van der Waals surface area contributed by atoms with E-state index in [2.05, 4.69) is 15.4 Å². The van der Waals surface area contributed by atoms with Crippen molar-refractivity contribution in [1.29, 1.82) is 0 Å². The van der Waals surface area contributed by atoms with E-state index < -0.39 is 18.8 Å². The molecular weight excluding hydrogens is 309 g/mol. The molecule has 21 heavy (non-hydrogen) atoms. The number of ether oxygens (including phenoxy) is 1. The summed E-state index contributed by atoms with van der Waals surface area (Å²) in [5.41, 5.74) is 0.752. The number of halogens is 4. The van der Waals surface area contributed by atoms with Crippen molar-refractivity contribution in [2.75, 3.05) is 19.8 Å². The van der Waals surface area contributed by atoms with Crippen LogP contribution in [0.25, 0.3) is 0 Å². The van der Waals surface area contributed by atoms with Crippen LogP contribution in [0.5, 0.6) is 0 Å². The van der Waals surface area contributed by atoms with Gasteiger partial charge in [0.2, 0.25) is 0 Å². The third kappa shape index (κ3) is 7.19. The van der Waals surface area contributed by atoms with Crippen LogP contribution in [0.15, 0.2) is 24.3 Å². The Kier molecular flexibility index (Phi) is 6.77. The van der Waals surface area contributed by atoms with Gasteiger partial charge in [0.1, 0.15) is 6.61 Å². The Morgan fingerprint density at radius 3 is 2.67 bits per heavy atom. The summed E-state index contributed by atoms with van der Waals surface area (Å²) in [6.45, 7) is 0.192. The summed E-state index contributed by atoms with van der Waals surface area (Å²) in [5.74, 6) is 0. The minimum absolute atomic E-state index is 0.0167. The van der Waals surface area contributed by atoms with Crippen LogP contribution in [0.4, 0.5) is 18.0 Å². The molecule has 0 saturated heterocycles. The molecule has 118 valence electrons. The third-order valence-electron chi connectivity index (χ3n) is 2.52. The minimum atomic E-state index is -4.36. The largest absolute Gasteiger partial charge is 0.411 e. The Morgan fingerprint density at radius 1 is 1.38 bits per heavy atom. The predicted octanol–water partition coefficient (Wildman–Crippen LogP) is 3.28. The van der Waals surface area contributed by atoms with Gasteiger partial charge in [-0.25, -0.2) is 4.79 Å². The maximum Gasteiger partial charge on any atom is 0.411 e. The summed E-state index contributed by atoms with van der Waals surface area (Å²) < 4.78 is 39.8. The molecule has 0 bridgehead atoms. The molecule has 1 aromatic rings. The second-order valence-corrected chi connectivity index (χ2v) is 4.72. The van der Waals surface area contributed by atoms with Gasteiger partial charge in [-0.2, -0.15) is 13.2 Å². The Morgan fingerprint density at radius 2 is 2.05 bits per heavy atom. The number of amides is 2. The van der Waals surface area contributed by atoms with Gasteiger partial charge in [0, 0.05) is 11.6 Å². The Balaban J connectivity index is 2.26. The van der Waals surface area contributed by atoms with Crippen LogP contribution in [0.1, 0.15) is 18.5 Å². The predicted molar refractivity (Wildman–Crippen MR) is 73.3 cm³/mol. The Hall–Kier alpha value is -1.47. The van der Waals surface area contributed by atoms with Crippen molar-refractivity contribution in [3.63, 3.8) is 0 Å². The summed E-state index contributed by atoms with van der Waals surface area (Å²) in [7, 11) is 0. The molecule has 1 atom stereocenters. The molecule has 0 heterocycles. The van der Waals surface area contributed by atoms with Crippen molar-refractivity contribution in [3.05, 3.63) is 34.9 Å². The van der Waals surface area contributed by atoms with E-state index in [1.807, 2.05) is 0 Å². The first-order chi connectivity index (χ1) is 9.79. The van der Waals surface area contributed by atoms with Crippen molar-refractivity contribution in [2.45, 2.75) is 19.1 Å². The number of rotatable bonds is 6. The zero-order valence-electron chi connectivity index (χ0n) is 11.3. The Labute approximate surface area is 125 Å². The molecule has 0 aliphatic heterocycles. The molecule has 0 fully saturated rings. The van der Waals surface area contributed by atoms with Crippen molar-refractivity contribution >= 4 is 17.6 Å². The van der Waals surface area contributed by atoms with E-state index in [0.717, 1.165) is 5.56 Å². The van der Waals surface area contributed by atoms with Gasteiger partial charge >= 0.3 is 12.2 Å². The molecule has 0 aliphatic carbocycles. The van der Waals surface area contributed by atoms with Crippen LogP contribution in [0, 0.1) is 0 Å². The summed E-state index contributed by atoms with van der Waals surface area (Å²) in [5, 5.41) is 5.56. The molecule has 0 saturated carbocycles. The van der Waals surface area contributed by atoms with E-state index in [1.165, 1.54) is 0 Å². The first-order valence-corrected chi connectivity index (χ1v) is 6.60. The molecular formula is C13H16ClF3N2O2. The van der Waals surface area contributed by atoms with Crippen LogP contribution in [0.2, 0.25) is 5.02 Å². The molecule has 1 rings (SSSR count). The van der Waals surface area contributed by atoms with Crippen LogP contribution in [0.3, 0.4) is 0 Å². The lowest BCUT2D eigenvalue weighted by molar-refractivity contribution is -0.173. The molecule has 0 radical (unpaired) electrons. The van der Waals surface area contributed by atoms with Crippen molar-refractivity contribution in [3.8, 4) is 0 Å². The number of benzene rings is 1. The second-order valence-electron chi connectivity index (χ2n) is 4.31. The van der Waals surface area contributed by atoms with Gasteiger partial charge in [0.05, 0.1) is 12.6 Å². The van der Waals surface area contributed by atoms with Gasteiger partial charge in [-0.3, -0.25) is 0 Å². The zero-order chi connectivity index (χ0) is 15.9. The highest BCUT2D eigenvalue weighted by Crippen LogP contribution is 2.21. The number of nitrogens with one attached hydrogen (secondary N) is 2. The highest BCUT2D eigenvalue weighted by Gasteiger charge is 2.27. The highest BCUT2D eigenvalue weighted by atomic mass is 35.5. The SMILES string of the molecule is CC(NC(=O)NCCOCC(F)(F)F)c1ccccc1Cl. The van der Waals surface area contributed by atoms with E-state index in [9.17, 15) is 18.0 Å². The van der Waals surface area contributed by atoms with Gasteiger partial charge < -0.3 is 15.4 Å². The Bertz CT molecular complexity index is 469. The normalized spacial score (nSPS) is 12.8. The third-order valence-corrected chi connectivity index (χ3v) is 2.86. The number of carbonyl (C=O) groups is 1. The van der Waals surface area contributed by atoms with Gasteiger partial charge in [-0.1, -0.05) is 29.8 Å². The van der Waals surface area contributed by atoms with Gasteiger partial charge in [-0.05, 0) is 18.6 Å². The zero-order valence-corrected chi connectivity index (χ0v) is 12.1. The first kappa shape index (κ1) is 17.6. The maximum atomic E-state index is 11.8. The monoisotopic (exact) mass is 324 g/mol. The number of alkyl halides is 3. The topological polar surface area (TPSA) is 50.4 Å². The number of hydrogen-bond donors (Lipinski definition) is 2. The fourth-order valence-corrected chi connectivity index (χ4v) is 1.88. The summed E-state index contributed by atoms with van der Waals surface area (Å²) >= 11 is 5.99. The van der Waals surface area contributed by atoms with Crippen molar-refractivity contribution in [1.82, 2.24) is 10.6 Å². The molecule has 2 N–H and O–H groups in total. The second kappa shape index (κ2) is 8.09. The molecule has 4 nitrogen and oxygen atoms in total. The van der Waals surface area contributed by atoms with Crippen LogP contribution in [-0.2, 0) is 4.74 Å². The average Bonchev–Trinajstić information content (AvgIpc) is 2.37. The molecule has 0 spiro atoms. The quantitative estimate of drug-likeness (QED) is 0.789. The molecule has 0 aromatic heterocycles. The molecule has 0 aliphatic rings. The number of hydrogen-bond acceptors (Lipinski definition) is 2. The lowest BCUT2D eigenvalue weighted by Crippen LogP contribution is -2.39. The standard InChI is InChI=1S/C13H16ClF3N2O2/c1-9(10-4-2-3-5-11(10)14)19-12(20)18-6-7-21-8-13(15,16)17/h2-5,9H,6-8H2,1H3,(H2,18,19,20). The van der Waals surface area contributed by atoms with Gasteiger partial charge in [-0.15, -0.1) is 0 Å². The molecule has 2 amide bonds. The van der Waals surface area contributed by atoms with E-state index in [0.29, 0.717) is 5.02 Å². The van der Waals surface area contributed by atoms with E-state index in [-0.39, 0.29) is 19.2 Å². The highest BCUT2D eigenvalue weighted by molar-refractivity contribution is 6.31. The van der Waals surface area contributed by atoms with Crippen molar-refractivity contribution < 1.29 is 22.7 Å². The first-order valence-electron chi connectivity index (χ1n) is 6.23. The van der Waals surface area contributed by atoms with Crippen molar-refractivity contribution in [2.24, 2.45) is 0 Å². The lowest BCUT2D eigenvalue weighted by Gasteiger charge is -2.16. The number of carbonyl (C=O) groups excluding carboxylic acids is 1. The summed E-state index contributed by atoms with van der Waals surface area (Å²) in [6, 6.07) is 6.23. The van der Waals surface area contributed by atoms with Gasteiger partial charge in [0.15, 0.2) is 0 Å². The van der Waals surface area contributed by atoms with E-state index >= 15 is 0 Å². The van der Waals surface area contributed by atoms with Crippen LogP contribution in [-0.4, -0.2) is 32.0 Å². The maximum absolute atomic E-state index is 11.8. The van der Waals surface area contributed by atoms with Crippen LogP contribution >= 0.6 is 11.6 Å². The average molecular weight is 325 g/mol. The van der Waals surface area contributed by atoms with E-state index in [4.69, 9.17) is 11.6 Å². The molecule has 8 heteroatoms. The molecule has 1 unspecified atom stereocenters. The lowest BCUT2D eigenvalue weighted by atomic mass is 10.1. The fraction of sp³-hybridized carbons (Fsp3) is 0.462. The molecule has 1 aromatic carbocycles. The van der Waals surface area contributed by atoms with Crippen LogP contribution < -0.4 is 10.6 Å².